The maximum atomic E-state index is 7.61. The van der Waals surface area contributed by atoms with Gasteiger partial charge in [-0.15, -0.1) is 0 Å². The molecule has 1 aromatic heterocycles. The van der Waals surface area contributed by atoms with Crippen LogP contribution in [0.5, 0.6) is 5.75 Å². The van der Waals surface area contributed by atoms with Crippen LogP contribution in [0.2, 0.25) is 0 Å². The van der Waals surface area contributed by atoms with Gasteiger partial charge in [-0.25, -0.2) is 0 Å². The second kappa shape index (κ2) is 5.35. The zero-order chi connectivity index (χ0) is 13.1. The Hall–Kier alpha value is -1.62. The first kappa shape index (κ1) is 12.8. The van der Waals surface area contributed by atoms with E-state index in [1.165, 1.54) is 0 Å². The fourth-order valence-electron chi connectivity index (χ4n) is 2.16. The van der Waals surface area contributed by atoms with Crippen molar-refractivity contribution in [3.05, 3.63) is 23.0 Å². The molecular formula is C13H19N3O2. The lowest BCUT2D eigenvalue weighted by atomic mass is 10.1. The average Bonchev–Trinajstić information content (AvgIpc) is 2.77. The van der Waals surface area contributed by atoms with E-state index >= 15 is 0 Å². The van der Waals surface area contributed by atoms with Crippen LogP contribution in [0.3, 0.4) is 0 Å². The molecule has 2 rings (SSSR count). The molecule has 5 nitrogen and oxygen atoms in total. The monoisotopic (exact) mass is 249 g/mol. The second-order valence-electron chi connectivity index (χ2n) is 4.68. The number of nitrogens with one attached hydrogen (secondary N) is 1. The highest BCUT2D eigenvalue weighted by Crippen LogP contribution is 2.23. The number of hydrogen-bond acceptors (Lipinski definition) is 4. The van der Waals surface area contributed by atoms with Crippen molar-refractivity contribution in [2.24, 2.45) is 11.7 Å². The lowest BCUT2D eigenvalue weighted by molar-refractivity contribution is 0.167. The van der Waals surface area contributed by atoms with Crippen molar-refractivity contribution in [2.45, 2.75) is 20.3 Å². The Bertz CT molecular complexity index is 454. The van der Waals surface area contributed by atoms with Gasteiger partial charge in [0.2, 0.25) is 0 Å². The van der Waals surface area contributed by atoms with Gasteiger partial charge in [0.05, 0.1) is 24.5 Å². The van der Waals surface area contributed by atoms with Gasteiger partial charge in [-0.3, -0.25) is 10.4 Å². The zero-order valence-corrected chi connectivity index (χ0v) is 10.8. The third-order valence-corrected chi connectivity index (χ3v) is 3.06. The van der Waals surface area contributed by atoms with Gasteiger partial charge in [-0.1, -0.05) is 0 Å². The average molecular weight is 249 g/mol. The van der Waals surface area contributed by atoms with E-state index in [1.807, 2.05) is 19.9 Å². The molecule has 2 heterocycles. The number of nitrogens with zero attached hydrogens (tertiary/aromatic N) is 1. The molecule has 1 aromatic rings. The Labute approximate surface area is 107 Å². The molecule has 98 valence electrons. The minimum atomic E-state index is -0.00216. The quantitative estimate of drug-likeness (QED) is 0.624. The number of rotatable bonds is 4. The number of amidine groups is 1. The summed E-state index contributed by atoms with van der Waals surface area (Å²) in [6, 6.07) is 1.83. The summed E-state index contributed by atoms with van der Waals surface area (Å²) >= 11 is 0. The standard InChI is InChI=1S/C13H19N3O2/c1-8-5-11(12(13(14)15)9(2)16-8)18-7-10-3-4-17-6-10/h5,10H,3-4,6-7H2,1-2H3,(H3,14,15). The van der Waals surface area contributed by atoms with Crippen molar-refractivity contribution in [2.75, 3.05) is 19.8 Å². The third kappa shape index (κ3) is 2.79. The van der Waals surface area contributed by atoms with Gasteiger partial charge in [-0.2, -0.15) is 0 Å². The fraction of sp³-hybridized carbons (Fsp3) is 0.538. The molecule has 0 spiro atoms. The van der Waals surface area contributed by atoms with Crippen LogP contribution in [-0.4, -0.2) is 30.6 Å². The number of nitrogens with two attached hydrogens (primary N) is 1. The maximum absolute atomic E-state index is 7.61. The van der Waals surface area contributed by atoms with E-state index in [4.69, 9.17) is 20.6 Å². The maximum Gasteiger partial charge on any atom is 0.133 e. The smallest absolute Gasteiger partial charge is 0.133 e. The van der Waals surface area contributed by atoms with E-state index in [1.54, 1.807) is 0 Å². The fourth-order valence-corrected chi connectivity index (χ4v) is 2.16. The van der Waals surface area contributed by atoms with E-state index in [0.717, 1.165) is 31.0 Å². The normalized spacial score (nSPS) is 18.9. The first-order valence-corrected chi connectivity index (χ1v) is 6.11. The van der Waals surface area contributed by atoms with E-state index in [-0.39, 0.29) is 5.84 Å². The summed E-state index contributed by atoms with van der Waals surface area (Å²) in [4.78, 5) is 4.31. The first-order valence-electron chi connectivity index (χ1n) is 6.11. The summed E-state index contributed by atoms with van der Waals surface area (Å²) in [5.41, 5.74) is 7.79. The summed E-state index contributed by atoms with van der Waals surface area (Å²) in [7, 11) is 0. The summed E-state index contributed by atoms with van der Waals surface area (Å²) < 4.78 is 11.1. The van der Waals surface area contributed by atoms with Crippen molar-refractivity contribution in [3.63, 3.8) is 0 Å². The number of ether oxygens (including phenoxy) is 2. The van der Waals surface area contributed by atoms with Gasteiger partial charge in [0, 0.05) is 24.3 Å². The van der Waals surface area contributed by atoms with Crippen LogP contribution < -0.4 is 10.5 Å². The molecule has 0 bridgehead atoms. The molecule has 0 amide bonds. The molecule has 0 saturated carbocycles. The van der Waals surface area contributed by atoms with E-state index < -0.39 is 0 Å². The number of aromatic nitrogens is 1. The van der Waals surface area contributed by atoms with Crippen LogP contribution in [0.15, 0.2) is 6.07 Å². The van der Waals surface area contributed by atoms with Gasteiger partial charge in [0.1, 0.15) is 11.6 Å². The van der Waals surface area contributed by atoms with Crippen molar-refractivity contribution in [1.82, 2.24) is 4.98 Å². The van der Waals surface area contributed by atoms with Crippen molar-refractivity contribution < 1.29 is 9.47 Å². The number of aryl methyl sites for hydroxylation is 2. The van der Waals surface area contributed by atoms with Gasteiger partial charge < -0.3 is 15.2 Å². The molecule has 0 radical (unpaired) electrons. The lowest BCUT2D eigenvalue weighted by Crippen LogP contribution is -2.18. The SMILES string of the molecule is Cc1cc(OCC2CCOC2)c(C(=N)N)c(C)n1. The molecule has 1 saturated heterocycles. The predicted octanol–water partition coefficient (Wildman–Crippen LogP) is 1.40. The molecule has 5 heteroatoms. The Morgan fingerprint density at radius 1 is 1.61 bits per heavy atom. The van der Waals surface area contributed by atoms with Crippen molar-refractivity contribution >= 4 is 5.84 Å². The number of nitrogen functional groups attached to an aromatic ring is 1. The molecule has 1 fully saturated rings. The molecule has 18 heavy (non-hydrogen) atoms. The van der Waals surface area contributed by atoms with Crippen molar-refractivity contribution in [1.29, 1.82) is 5.41 Å². The van der Waals surface area contributed by atoms with Crippen LogP contribution in [0.1, 0.15) is 23.4 Å². The van der Waals surface area contributed by atoms with Gasteiger partial charge in [0.25, 0.3) is 0 Å². The molecule has 1 atom stereocenters. The van der Waals surface area contributed by atoms with Crippen LogP contribution in [0.4, 0.5) is 0 Å². The Kier molecular flexibility index (Phi) is 3.81. The van der Waals surface area contributed by atoms with E-state index in [0.29, 0.717) is 23.8 Å². The molecule has 0 aliphatic carbocycles. The first-order chi connectivity index (χ1) is 8.58. The Morgan fingerprint density at radius 2 is 2.39 bits per heavy atom. The van der Waals surface area contributed by atoms with E-state index in [9.17, 15) is 0 Å². The minimum absolute atomic E-state index is 0.00216. The lowest BCUT2D eigenvalue weighted by Gasteiger charge is -2.15. The highest BCUT2D eigenvalue weighted by Gasteiger charge is 2.18. The molecule has 0 aromatic carbocycles. The highest BCUT2D eigenvalue weighted by molar-refractivity contribution is 5.98. The second-order valence-corrected chi connectivity index (χ2v) is 4.68. The third-order valence-electron chi connectivity index (χ3n) is 3.06. The summed E-state index contributed by atoms with van der Waals surface area (Å²) in [6.07, 6.45) is 1.03. The number of hydrogen-bond donors (Lipinski definition) is 2. The topological polar surface area (TPSA) is 81.2 Å². The van der Waals surface area contributed by atoms with Gasteiger partial charge in [0.15, 0.2) is 0 Å². The Balaban J connectivity index is 2.16. The van der Waals surface area contributed by atoms with Crippen LogP contribution in [-0.2, 0) is 4.74 Å². The Morgan fingerprint density at radius 3 is 3.00 bits per heavy atom. The van der Waals surface area contributed by atoms with Gasteiger partial charge >= 0.3 is 0 Å². The van der Waals surface area contributed by atoms with Crippen LogP contribution >= 0.6 is 0 Å². The van der Waals surface area contributed by atoms with E-state index in [2.05, 4.69) is 4.98 Å². The van der Waals surface area contributed by atoms with Crippen LogP contribution in [0.25, 0.3) is 0 Å². The van der Waals surface area contributed by atoms with Crippen LogP contribution in [0, 0.1) is 25.2 Å². The van der Waals surface area contributed by atoms with Crippen molar-refractivity contribution in [3.8, 4) is 5.75 Å². The largest absolute Gasteiger partial charge is 0.492 e. The van der Waals surface area contributed by atoms with Gasteiger partial charge in [-0.05, 0) is 20.3 Å². The molecule has 1 unspecified atom stereocenters. The summed E-state index contributed by atoms with van der Waals surface area (Å²) in [5, 5.41) is 7.61. The predicted molar refractivity (Wildman–Crippen MR) is 69.1 cm³/mol. The minimum Gasteiger partial charge on any atom is -0.492 e. The highest BCUT2D eigenvalue weighted by atomic mass is 16.5. The molecule has 1 aliphatic rings. The summed E-state index contributed by atoms with van der Waals surface area (Å²) in [5.74, 6) is 1.08. The summed E-state index contributed by atoms with van der Waals surface area (Å²) in [6.45, 7) is 5.90. The zero-order valence-electron chi connectivity index (χ0n) is 10.8. The number of pyridine rings is 1. The molecular weight excluding hydrogens is 230 g/mol. The molecule has 3 N–H and O–H groups in total. The molecule has 1 aliphatic heterocycles.